The Kier molecular flexibility index (Phi) is 5.25. The summed E-state index contributed by atoms with van der Waals surface area (Å²) in [6.45, 7) is -0.288. The number of methoxy groups -OCH3 is 2. The fourth-order valence-corrected chi connectivity index (χ4v) is 2.76. The second-order valence-electron chi connectivity index (χ2n) is 5.89. The van der Waals surface area contributed by atoms with Gasteiger partial charge in [0.05, 0.1) is 25.2 Å². The second-order valence-corrected chi connectivity index (χ2v) is 5.89. The molecular weight excluding hydrogens is 366 g/mol. The third-order valence-corrected chi connectivity index (χ3v) is 4.17. The molecule has 0 radical (unpaired) electrons. The zero-order valence-corrected chi connectivity index (χ0v) is 15.2. The topological polar surface area (TPSA) is 113 Å². The van der Waals surface area contributed by atoms with Crippen LogP contribution >= 0.6 is 0 Å². The molecule has 1 heterocycles. The predicted molar refractivity (Wildman–Crippen MR) is 103 cm³/mol. The van der Waals surface area contributed by atoms with Gasteiger partial charge in [-0.2, -0.15) is 0 Å². The van der Waals surface area contributed by atoms with Gasteiger partial charge in [-0.3, -0.25) is 19.7 Å². The Morgan fingerprint density at radius 2 is 1.79 bits per heavy atom. The van der Waals surface area contributed by atoms with Gasteiger partial charge in [0.2, 0.25) is 5.91 Å². The van der Waals surface area contributed by atoms with Gasteiger partial charge in [-0.15, -0.1) is 0 Å². The molecule has 3 rings (SSSR count). The first-order chi connectivity index (χ1) is 13.4. The molecule has 0 saturated carbocycles. The van der Waals surface area contributed by atoms with Crippen molar-refractivity contribution in [3.63, 3.8) is 0 Å². The van der Waals surface area contributed by atoms with Crippen LogP contribution in [0.5, 0.6) is 11.5 Å². The number of rotatable bonds is 6. The lowest BCUT2D eigenvalue weighted by atomic mass is 10.1. The van der Waals surface area contributed by atoms with E-state index in [1.165, 1.54) is 43.2 Å². The minimum absolute atomic E-state index is 0.0226. The molecule has 1 N–H and O–H groups in total. The van der Waals surface area contributed by atoms with E-state index >= 15 is 0 Å². The normalized spacial score (nSPS) is 10.5. The monoisotopic (exact) mass is 383 g/mol. The van der Waals surface area contributed by atoms with E-state index in [2.05, 4.69) is 5.32 Å². The number of aromatic nitrogens is 1. The molecule has 0 aliphatic rings. The number of carbonyl (C=O) groups excluding carboxylic acids is 1. The summed E-state index contributed by atoms with van der Waals surface area (Å²) < 4.78 is 11.3. The molecule has 1 amide bonds. The predicted octanol–water partition coefficient (Wildman–Crippen LogP) is 2.57. The van der Waals surface area contributed by atoms with Crippen LogP contribution in [0.2, 0.25) is 0 Å². The number of anilines is 1. The summed E-state index contributed by atoms with van der Waals surface area (Å²) in [5.74, 6) is 0.350. The van der Waals surface area contributed by atoms with E-state index in [-0.39, 0.29) is 23.5 Å². The third-order valence-electron chi connectivity index (χ3n) is 4.17. The first kappa shape index (κ1) is 18.9. The zero-order valence-electron chi connectivity index (χ0n) is 15.2. The molecule has 3 aromatic rings. The Bertz CT molecular complexity index is 1120. The number of nitrogens with zero attached hydrogens (tertiary/aromatic N) is 2. The van der Waals surface area contributed by atoms with E-state index in [0.29, 0.717) is 22.3 Å². The smallest absolute Gasteiger partial charge is 0.296 e. The maximum atomic E-state index is 12.6. The van der Waals surface area contributed by atoms with Crippen LogP contribution in [0.25, 0.3) is 10.8 Å². The fraction of sp³-hybridized carbons (Fsp3) is 0.158. The quantitative estimate of drug-likeness (QED) is 0.517. The zero-order chi connectivity index (χ0) is 20.3. The fourth-order valence-electron chi connectivity index (χ4n) is 2.76. The number of nitrogens with one attached hydrogen (secondary N) is 1. The van der Waals surface area contributed by atoms with Crippen LogP contribution in [0.4, 0.5) is 11.4 Å². The van der Waals surface area contributed by atoms with Crippen LogP contribution in [0.1, 0.15) is 0 Å². The number of carbonyl (C=O) groups is 1. The summed E-state index contributed by atoms with van der Waals surface area (Å²) in [6.07, 6.45) is 1.49. The van der Waals surface area contributed by atoms with Gasteiger partial charge < -0.3 is 19.4 Å². The lowest BCUT2D eigenvalue weighted by molar-refractivity contribution is -0.384. The summed E-state index contributed by atoms with van der Waals surface area (Å²) in [5.41, 5.74) is -0.625. The van der Waals surface area contributed by atoms with Crippen molar-refractivity contribution >= 4 is 28.1 Å². The van der Waals surface area contributed by atoms with Gasteiger partial charge in [0.1, 0.15) is 23.7 Å². The highest BCUT2D eigenvalue weighted by molar-refractivity contribution is 5.93. The molecule has 9 heteroatoms. The van der Waals surface area contributed by atoms with Crippen molar-refractivity contribution in [2.24, 2.45) is 0 Å². The van der Waals surface area contributed by atoms with Crippen LogP contribution in [-0.2, 0) is 11.3 Å². The molecule has 0 fully saturated rings. The highest BCUT2D eigenvalue weighted by Gasteiger charge is 2.18. The van der Waals surface area contributed by atoms with Crippen LogP contribution in [0.3, 0.4) is 0 Å². The van der Waals surface area contributed by atoms with E-state index < -0.39 is 10.8 Å². The van der Waals surface area contributed by atoms with Crippen LogP contribution in [0, 0.1) is 10.1 Å². The largest absolute Gasteiger partial charge is 0.497 e. The molecule has 0 aliphatic heterocycles. The molecular formula is C19H17N3O6. The maximum Gasteiger partial charge on any atom is 0.296 e. The van der Waals surface area contributed by atoms with Gasteiger partial charge in [-0.25, -0.2) is 0 Å². The van der Waals surface area contributed by atoms with Crippen LogP contribution in [-0.4, -0.2) is 29.6 Å². The molecule has 9 nitrogen and oxygen atoms in total. The molecule has 2 aromatic carbocycles. The highest BCUT2D eigenvalue weighted by atomic mass is 16.6. The van der Waals surface area contributed by atoms with Gasteiger partial charge in [-0.1, -0.05) is 0 Å². The SMILES string of the molecule is COc1ccc(NC(=O)Cn2ccc3cc(OC)ccc3c2=O)c([N+](=O)[O-])c1. The number of benzene rings is 2. The minimum Gasteiger partial charge on any atom is -0.497 e. The van der Waals surface area contributed by atoms with Crippen molar-refractivity contribution in [2.75, 3.05) is 19.5 Å². The Balaban J connectivity index is 1.85. The highest BCUT2D eigenvalue weighted by Crippen LogP contribution is 2.29. The molecule has 0 unspecified atom stereocenters. The van der Waals surface area contributed by atoms with Crippen molar-refractivity contribution in [3.8, 4) is 11.5 Å². The summed E-state index contributed by atoms with van der Waals surface area (Å²) in [7, 11) is 2.92. The summed E-state index contributed by atoms with van der Waals surface area (Å²) in [4.78, 5) is 35.5. The van der Waals surface area contributed by atoms with E-state index in [1.807, 2.05) is 0 Å². The van der Waals surface area contributed by atoms with Gasteiger partial charge in [0.25, 0.3) is 11.2 Å². The number of hydrogen-bond acceptors (Lipinski definition) is 6. The Hall–Kier alpha value is -3.88. The second kappa shape index (κ2) is 7.78. The number of pyridine rings is 1. The number of fused-ring (bicyclic) bond motifs is 1. The molecule has 0 aliphatic carbocycles. The van der Waals surface area contributed by atoms with E-state index in [1.54, 1.807) is 24.3 Å². The maximum absolute atomic E-state index is 12.6. The van der Waals surface area contributed by atoms with Crippen molar-refractivity contribution in [1.82, 2.24) is 4.57 Å². The van der Waals surface area contributed by atoms with E-state index in [4.69, 9.17) is 9.47 Å². The Morgan fingerprint density at radius 1 is 1.11 bits per heavy atom. The molecule has 0 saturated heterocycles. The average molecular weight is 383 g/mol. The molecule has 144 valence electrons. The molecule has 28 heavy (non-hydrogen) atoms. The van der Waals surface area contributed by atoms with E-state index in [0.717, 1.165) is 0 Å². The number of amides is 1. The molecule has 1 aromatic heterocycles. The standard InChI is InChI=1S/C19H17N3O6/c1-27-13-3-5-15-12(9-13)7-8-21(19(15)24)11-18(23)20-16-6-4-14(28-2)10-17(16)22(25)26/h3-10H,11H2,1-2H3,(H,20,23). The third kappa shape index (κ3) is 3.78. The summed E-state index contributed by atoms with van der Waals surface area (Å²) >= 11 is 0. The van der Waals surface area contributed by atoms with Crippen molar-refractivity contribution < 1.29 is 19.2 Å². The van der Waals surface area contributed by atoms with Gasteiger partial charge >= 0.3 is 0 Å². The van der Waals surface area contributed by atoms with E-state index in [9.17, 15) is 19.7 Å². The lowest BCUT2D eigenvalue weighted by Gasteiger charge is -2.10. The molecule has 0 spiro atoms. The van der Waals surface area contributed by atoms with Gasteiger partial charge in [0.15, 0.2) is 0 Å². The Labute approximate surface area is 159 Å². The average Bonchev–Trinajstić information content (AvgIpc) is 2.69. The minimum atomic E-state index is -0.617. The van der Waals surface area contributed by atoms with Gasteiger partial charge in [-0.05, 0) is 41.8 Å². The lowest BCUT2D eigenvalue weighted by Crippen LogP contribution is -2.27. The first-order valence-electron chi connectivity index (χ1n) is 8.22. The van der Waals surface area contributed by atoms with Crippen molar-refractivity contribution in [2.45, 2.75) is 6.54 Å². The van der Waals surface area contributed by atoms with Crippen molar-refractivity contribution in [1.29, 1.82) is 0 Å². The molecule has 0 bridgehead atoms. The first-order valence-corrected chi connectivity index (χ1v) is 8.22. The number of nitro groups is 1. The van der Waals surface area contributed by atoms with Gasteiger partial charge in [0, 0.05) is 11.6 Å². The number of hydrogen-bond donors (Lipinski definition) is 1. The summed E-state index contributed by atoms with van der Waals surface area (Å²) in [6, 6.07) is 10.8. The molecule has 0 atom stereocenters. The van der Waals surface area contributed by atoms with Crippen LogP contribution < -0.4 is 20.3 Å². The Morgan fingerprint density at radius 3 is 2.46 bits per heavy atom. The summed E-state index contributed by atoms with van der Waals surface area (Å²) in [5, 5.41) is 14.8. The number of ether oxygens (including phenoxy) is 2. The van der Waals surface area contributed by atoms with Crippen molar-refractivity contribution in [3.05, 3.63) is 69.1 Å². The van der Waals surface area contributed by atoms with Crippen LogP contribution in [0.15, 0.2) is 53.5 Å². The number of nitro benzene ring substituents is 1.